The molecule has 1 aliphatic rings. The van der Waals surface area contributed by atoms with Gasteiger partial charge in [-0.05, 0) is 31.0 Å². The standard InChI is InChI=1S/C27H29N3O4/c1-3-17-34-22-11-9-20(10-12-22)24-23(25(31)21-7-5-19(2)6-8-21)26(32)27(33)30(24)15-4-14-29-16-13-28-18-29/h5-13,16,18,24H,3-4,14-15,17H2,1-2H3,(H,31,32)/p+1. The lowest BCUT2D eigenvalue weighted by Crippen LogP contribution is -2.36. The maximum absolute atomic E-state index is 13.1. The second kappa shape index (κ2) is 10.4. The van der Waals surface area contributed by atoms with Crippen LogP contribution in [0.3, 0.4) is 0 Å². The number of nitrogens with one attached hydrogen (secondary N) is 1. The van der Waals surface area contributed by atoms with Crippen molar-refractivity contribution in [3.8, 4) is 5.75 Å². The number of imidazole rings is 1. The molecule has 7 nitrogen and oxygen atoms in total. The molecule has 34 heavy (non-hydrogen) atoms. The predicted molar refractivity (Wildman–Crippen MR) is 128 cm³/mol. The van der Waals surface area contributed by atoms with Crippen LogP contribution in [0, 0.1) is 6.92 Å². The zero-order valence-corrected chi connectivity index (χ0v) is 19.5. The number of hydrogen-bond donors (Lipinski definition) is 2. The highest BCUT2D eigenvalue weighted by Gasteiger charge is 2.45. The number of hydrogen-bond acceptors (Lipinski definition) is 4. The molecule has 1 atom stereocenters. The van der Waals surface area contributed by atoms with Crippen molar-refractivity contribution >= 4 is 17.4 Å². The Kier molecular flexibility index (Phi) is 7.11. The first kappa shape index (κ1) is 23.3. The van der Waals surface area contributed by atoms with Gasteiger partial charge in [0.15, 0.2) is 0 Å². The van der Waals surface area contributed by atoms with Crippen molar-refractivity contribution in [3.63, 3.8) is 0 Å². The number of benzene rings is 2. The Bertz CT molecular complexity index is 1170. The molecular weight excluding hydrogens is 430 g/mol. The van der Waals surface area contributed by atoms with Gasteiger partial charge in [-0.25, -0.2) is 4.57 Å². The minimum Gasteiger partial charge on any atom is -0.507 e. The van der Waals surface area contributed by atoms with Crippen molar-refractivity contribution in [2.75, 3.05) is 13.2 Å². The van der Waals surface area contributed by atoms with E-state index in [0.29, 0.717) is 31.7 Å². The molecule has 0 radical (unpaired) electrons. The highest BCUT2D eigenvalue weighted by Crippen LogP contribution is 2.39. The Balaban J connectivity index is 1.69. The smallest absolute Gasteiger partial charge is 0.295 e. The van der Waals surface area contributed by atoms with Crippen molar-refractivity contribution in [3.05, 3.63) is 89.5 Å². The van der Waals surface area contributed by atoms with Crippen molar-refractivity contribution in [2.24, 2.45) is 0 Å². The van der Waals surface area contributed by atoms with E-state index >= 15 is 0 Å². The minimum atomic E-state index is -0.669. The maximum atomic E-state index is 13.1. The molecule has 2 heterocycles. The number of Topliss-reactive ketones (excluding diaryl/α,β-unsaturated/α-hetero) is 1. The Morgan fingerprint density at radius 1 is 1.12 bits per heavy atom. The zero-order chi connectivity index (χ0) is 24.1. The summed E-state index contributed by atoms with van der Waals surface area (Å²) in [5, 5.41) is 11.1. The van der Waals surface area contributed by atoms with E-state index < -0.39 is 17.7 Å². The number of aryl methyl sites for hydroxylation is 2. The second-order valence-electron chi connectivity index (χ2n) is 8.48. The summed E-state index contributed by atoms with van der Waals surface area (Å²) in [7, 11) is 0. The van der Waals surface area contributed by atoms with Crippen LogP contribution >= 0.6 is 0 Å². The van der Waals surface area contributed by atoms with Crippen molar-refractivity contribution in [2.45, 2.75) is 39.3 Å². The van der Waals surface area contributed by atoms with Gasteiger partial charge >= 0.3 is 0 Å². The quantitative estimate of drug-likeness (QED) is 0.219. The lowest BCUT2D eigenvalue weighted by Gasteiger charge is -2.25. The summed E-state index contributed by atoms with van der Waals surface area (Å²) in [5.41, 5.74) is 2.43. The van der Waals surface area contributed by atoms with Gasteiger partial charge in [-0.1, -0.05) is 48.9 Å². The number of aromatic nitrogens is 2. The van der Waals surface area contributed by atoms with Crippen LogP contribution in [0.25, 0.3) is 5.76 Å². The summed E-state index contributed by atoms with van der Waals surface area (Å²) in [6.07, 6.45) is 7.15. The lowest BCUT2D eigenvalue weighted by molar-refractivity contribution is -0.695. The third-order valence-corrected chi connectivity index (χ3v) is 5.95. The van der Waals surface area contributed by atoms with Gasteiger partial charge in [0, 0.05) is 18.5 Å². The molecule has 1 aliphatic heterocycles. The number of carbonyl (C=O) groups is 2. The van der Waals surface area contributed by atoms with Crippen LogP contribution < -0.4 is 9.30 Å². The average molecular weight is 461 g/mol. The van der Waals surface area contributed by atoms with E-state index in [-0.39, 0.29) is 11.3 Å². The van der Waals surface area contributed by atoms with E-state index in [9.17, 15) is 14.7 Å². The molecule has 7 heteroatoms. The number of likely N-dealkylation sites (tertiary alicyclic amines) is 1. The Hall–Kier alpha value is -3.87. The fourth-order valence-corrected chi connectivity index (χ4v) is 4.17. The summed E-state index contributed by atoms with van der Waals surface area (Å²) in [5.74, 6) is -0.685. The van der Waals surface area contributed by atoms with Gasteiger partial charge in [-0.15, -0.1) is 0 Å². The van der Waals surface area contributed by atoms with Crippen LogP contribution in [0.5, 0.6) is 5.75 Å². The fourth-order valence-electron chi connectivity index (χ4n) is 4.17. The summed E-state index contributed by atoms with van der Waals surface area (Å²) < 4.78 is 7.67. The van der Waals surface area contributed by atoms with Gasteiger partial charge in [-0.3, -0.25) is 14.6 Å². The van der Waals surface area contributed by atoms with Gasteiger partial charge in [0.05, 0.1) is 24.8 Å². The molecule has 2 N–H and O–H groups in total. The van der Waals surface area contributed by atoms with E-state index in [4.69, 9.17) is 4.74 Å². The molecule has 176 valence electrons. The number of aliphatic hydroxyl groups is 1. The molecule has 0 bridgehead atoms. The fraction of sp³-hybridized carbons (Fsp3) is 0.296. The third kappa shape index (κ3) is 4.88. The number of ketones is 1. The zero-order valence-electron chi connectivity index (χ0n) is 19.5. The van der Waals surface area contributed by atoms with Gasteiger partial charge in [-0.2, -0.15) is 0 Å². The monoisotopic (exact) mass is 460 g/mol. The highest BCUT2D eigenvalue weighted by atomic mass is 16.5. The van der Waals surface area contributed by atoms with Crippen LogP contribution in [-0.2, 0) is 16.1 Å². The first-order valence-electron chi connectivity index (χ1n) is 11.6. The Morgan fingerprint density at radius 2 is 1.85 bits per heavy atom. The first-order valence-corrected chi connectivity index (χ1v) is 11.6. The summed E-state index contributed by atoms with van der Waals surface area (Å²) >= 11 is 0. The van der Waals surface area contributed by atoms with E-state index in [2.05, 4.69) is 4.98 Å². The summed E-state index contributed by atoms with van der Waals surface area (Å²) in [4.78, 5) is 30.8. The van der Waals surface area contributed by atoms with Crippen LogP contribution in [0.1, 0.15) is 42.5 Å². The Morgan fingerprint density at radius 3 is 2.50 bits per heavy atom. The lowest BCUT2D eigenvalue weighted by atomic mass is 9.95. The molecule has 1 amide bonds. The molecular formula is C27H30N3O4+. The minimum absolute atomic E-state index is 0.116. The number of carbonyl (C=O) groups excluding carboxylic acids is 2. The van der Waals surface area contributed by atoms with Crippen molar-refractivity contribution < 1.29 is 24.0 Å². The van der Waals surface area contributed by atoms with E-state index in [1.54, 1.807) is 17.0 Å². The number of rotatable bonds is 9. The van der Waals surface area contributed by atoms with E-state index in [1.165, 1.54) is 0 Å². The topological polar surface area (TPSA) is 86.5 Å². The molecule has 1 aromatic heterocycles. The predicted octanol–water partition coefficient (Wildman–Crippen LogP) is 3.91. The molecule has 0 saturated carbocycles. The molecule has 1 fully saturated rings. The number of H-pyrrole nitrogens is 1. The molecule has 1 saturated heterocycles. The average Bonchev–Trinajstić information content (AvgIpc) is 3.45. The largest absolute Gasteiger partial charge is 0.507 e. The van der Waals surface area contributed by atoms with Gasteiger partial charge in [0.25, 0.3) is 11.7 Å². The first-order chi connectivity index (χ1) is 16.5. The van der Waals surface area contributed by atoms with E-state index in [0.717, 1.165) is 23.3 Å². The third-order valence-electron chi connectivity index (χ3n) is 5.95. The molecule has 0 spiro atoms. The molecule has 1 unspecified atom stereocenters. The number of nitrogens with zero attached hydrogens (tertiary/aromatic N) is 2. The van der Waals surface area contributed by atoms with Crippen molar-refractivity contribution in [1.29, 1.82) is 0 Å². The molecule has 0 aliphatic carbocycles. The van der Waals surface area contributed by atoms with E-state index in [1.807, 2.05) is 73.5 Å². The summed E-state index contributed by atoms with van der Waals surface area (Å²) in [6, 6.07) is 14.0. The molecule has 3 aromatic rings. The van der Waals surface area contributed by atoms with Crippen LogP contribution in [0.2, 0.25) is 0 Å². The maximum Gasteiger partial charge on any atom is 0.295 e. The number of ether oxygens (including phenoxy) is 1. The Labute approximate surface area is 199 Å². The summed E-state index contributed by atoms with van der Waals surface area (Å²) in [6.45, 7) is 5.68. The van der Waals surface area contributed by atoms with Crippen molar-refractivity contribution in [1.82, 2.24) is 9.88 Å². The van der Waals surface area contributed by atoms with Crippen LogP contribution in [0.4, 0.5) is 0 Å². The molecule has 4 rings (SSSR count). The van der Waals surface area contributed by atoms with Gasteiger partial charge < -0.3 is 14.7 Å². The SMILES string of the molecule is CCCOc1ccc(C2C(=C(O)c3ccc(C)cc3)C(=O)C(=O)N2CCC[n+]2cc[nH]c2)cc1. The number of amides is 1. The highest BCUT2D eigenvalue weighted by molar-refractivity contribution is 6.46. The normalized spacial score (nSPS) is 17.4. The van der Waals surface area contributed by atoms with Gasteiger partial charge in [0.2, 0.25) is 6.33 Å². The van der Waals surface area contributed by atoms with Crippen LogP contribution in [-0.4, -0.2) is 39.8 Å². The number of aliphatic hydroxyl groups excluding tert-OH is 1. The molecule has 2 aromatic carbocycles. The van der Waals surface area contributed by atoms with Crippen LogP contribution in [0.15, 0.2) is 72.8 Å². The van der Waals surface area contributed by atoms with Gasteiger partial charge in [0.1, 0.15) is 23.9 Å². The number of aromatic amines is 1. The second-order valence-corrected chi connectivity index (χ2v) is 8.48.